The predicted molar refractivity (Wildman–Crippen MR) is 111 cm³/mol. The van der Waals surface area contributed by atoms with E-state index in [9.17, 15) is 0 Å². The average Bonchev–Trinajstić information content (AvgIpc) is 2.97. The third-order valence-corrected chi connectivity index (χ3v) is 5.86. The van der Waals surface area contributed by atoms with E-state index in [-0.39, 0.29) is 0 Å². The Balaban J connectivity index is 1.70. The van der Waals surface area contributed by atoms with Crippen LogP contribution in [0, 0.1) is 6.92 Å². The summed E-state index contributed by atoms with van der Waals surface area (Å²) in [5.74, 6) is 0. The van der Waals surface area contributed by atoms with E-state index in [1.165, 1.54) is 27.6 Å². The fourth-order valence-corrected chi connectivity index (χ4v) is 4.40. The van der Waals surface area contributed by atoms with Crippen LogP contribution in [0.3, 0.4) is 0 Å². The lowest BCUT2D eigenvalue weighted by Crippen LogP contribution is -2.31. The van der Waals surface area contributed by atoms with Gasteiger partial charge in [0, 0.05) is 15.4 Å². The fourth-order valence-electron chi connectivity index (χ4n) is 2.99. The van der Waals surface area contributed by atoms with Crippen molar-refractivity contribution in [2.24, 2.45) is 7.05 Å². The van der Waals surface area contributed by atoms with Gasteiger partial charge in [0.15, 0.2) is 0 Å². The van der Waals surface area contributed by atoms with Crippen LogP contribution in [-0.4, -0.2) is 0 Å². The van der Waals surface area contributed by atoms with Crippen molar-refractivity contribution in [3.63, 3.8) is 0 Å². The second-order valence-corrected chi connectivity index (χ2v) is 7.91. The van der Waals surface area contributed by atoms with Crippen molar-refractivity contribution in [3.05, 3.63) is 76.1 Å². The Hall–Kier alpha value is -2.17. The first-order valence-electron chi connectivity index (χ1n) is 8.12. The molecule has 1 aromatic heterocycles. The average molecular weight is 410 g/mol. The number of aromatic nitrogens is 1. The molecule has 4 aromatic rings. The third-order valence-electron chi connectivity index (χ3n) is 4.42. The number of rotatable bonds is 3. The van der Waals surface area contributed by atoms with E-state index in [2.05, 4.69) is 106 Å². The monoisotopic (exact) mass is 409 g/mol. The van der Waals surface area contributed by atoms with Crippen molar-refractivity contribution in [1.82, 2.24) is 0 Å². The minimum atomic E-state index is 1.10. The highest BCUT2D eigenvalue weighted by Crippen LogP contribution is 2.29. The molecule has 0 amide bonds. The summed E-state index contributed by atoms with van der Waals surface area (Å²) in [7, 11) is 2.11. The molecule has 3 aromatic carbocycles. The topological polar surface area (TPSA) is 15.9 Å². The Morgan fingerprint density at radius 1 is 0.960 bits per heavy atom. The van der Waals surface area contributed by atoms with Crippen LogP contribution in [0.5, 0.6) is 0 Å². The minimum absolute atomic E-state index is 1.10. The van der Waals surface area contributed by atoms with Crippen LogP contribution < -0.4 is 9.88 Å². The molecule has 0 aliphatic heterocycles. The van der Waals surface area contributed by atoms with Crippen molar-refractivity contribution < 1.29 is 4.57 Å². The zero-order chi connectivity index (χ0) is 17.4. The number of nitrogens with zero attached hydrogens (tertiary/aromatic N) is 1. The lowest BCUT2D eigenvalue weighted by molar-refractivity contribution is -0.641. The molecule has 25 heavy (non-hydrogen) atoms. The standard InChI is InChI=1S/C21H17BrN2S/c1-14-11-18(22)9-10-19(14)23-21-24(2)20(13-25-21)17-8-7-15-5-3-4-6-16(15)12-17/h3-13H,1-2H3/p+1. The molecule has 0 atom stereocenters. The molecule has 4 rings (SSSR count). The highest BCUT2D eigenvalue weighted by Gasteiger charge is 2.17. The van der Waals surface area contributed by atoms with Crippen LogP contribution in [0.1, 0.15) is 5.56 Å². The highest BCUT2D eigenvalue weighted by molar-refractivity contribution is 9.10. The largest absolute Gasteiger partial charge is 0.339 e. The first-order valence-corrected chi connectivity index (χ1v) is 9.79. The van der Waals surface area contributed by atoms with Gasteiger partial charge >= 0.3 is 5.13 Å². The van der Waals surface area contributed by atoms with Crippen LogP contribution in [0.4, 0.5) is 10.8 Å². The number of fused-ring (bicyclic) bond motifs is 1. The molecule has 124 valence electrons. The number of hydrogen-bond donors (Lipinski definition) is 1. The van der Waals surface area contributed by atoms with Crippen LogP contribution in [0.25, 0.3) is 22.0 Å². The van der Waals surface area contributed by atoms with E-state index in [4.69, 9.17) is 0 Å². The van der Waals surface area contributed by atoms with Gasteiger partial charge in [-0.3, -0.25) is 0 Å². The number of aryl methyl sites for hydroxylation is 1. The molecular formula is C21H18BrN2S+. The van der Waals surface area contributed by atoms with E-state index in [0.29, 0.717) is 0 Å². The summed E-state index contributed by atoms with van der Waals surface area (Å²) < 4.78 is 3.32. The summed E-state index contributed by atoms with van der Waals surface area (Å²) in [6, 6.07) is 21.4. The zero-order valence-electron chi connectivity index (χ0n) is 14.1. The van der Waals surface area contributed by atoms with Gasteiger partial charge in [0.25, 0.3) is 0 Å². The number of benzene rings is 3. The zero-order valence-corrected chi connectivity index (χ0v) is 16.5. The van der Waals surface area contributed by atoms with Crippen LogP contribution in [0.15, 0.2) is 70.5 Å². The summed E-state index contributed by atoms with van der Waals surface area (Å²) in [5, 5.41) is 9.42. The van der Waals surface area contributed by atoms with Gasteiger partial charge in [-0.25, -0.2) is 9.88 Å². The maximum atomic E-state index is 3.56. The smallest absolute Gasteiger partial charge is 0.231 e. The van der Waals surface area contributed by atoms with Gasteiger partial charge in [-0.2, -0.15) is 0 Å². The third kappa shape index (κ3) is 3.20. The summed E-state index contributed by atoms with van der Waals surface area (Å²) in [6.45, 7) is 2.12. The molecule has 0 unspecified atom stereocenters. The molecule has 0 saturated carbocycles. The summed E-state index contributed by atoms with van der Waals surface area (Å²) in [6.07, 6.45) is 0. The van der Waals surface area contributed by atoms with E-state index in [1.807, 2.05) is 0 Å². The van der Waals surface area contributed by atoms with Gasteiger partial charge in [-0.05, 0) is 47.5 Å². The molecule has 0 aliphatic carbocycles. The Labute approximate surface area is 159 Å². The minimum Gasteiger partial charge on any atom is -0.231 e. The van der Waals surface area contributed by atoms with Gasteiger partial charge in [0.05, 0.1) is 7.05 Å². The molecular weight excluding hydrogens is 392 g/mol. The summed E-state index contributed by atoms with van der Waals surface area (Å²) in [5.41, 5.74) is 4.80. The molecule has 0 radical (unpaired) electrons. The van der Waals surface area contributed by atoms with Gasteiger partial charge in [-0.1, -0.05) is 63.7 Å². The fraction of sp³-hybridized carbons (Fsp3) is 0.0952. The molecule has 1 heterocycles. The van der Waals surface area contributed by atoms with Crippen molar-refractivity contribution in [2.45, 2.75) is 6.92 Å². The maximum Gasteiger partial charge on any atom is 0.339 e. The van der Waals surface area contributed by atoms with Gasteiger partial charge in [-0.15, -0.1) is 0 Å². The number of anilines is 2. The van der Waals surface area contributed by atoms with Crippen LogP contribution in [0.2, 0.25) is 0 Å². The number of thiazole rings is 1. The molecule has 0 spiro atoms. The van der Waals surface area contributed by atoms with Gasteiger partial charge in [0.1, 0.15) is 11.4 Å². The first-order chi connectivity index (χ1) is 12.1. The molecule has 4 heteroatoms. The van der Waals surface area contributed by atoms with E-state index < -0.39 is 0 Å². The SMILES string of the molecule is Cc1cc(Br)ccc1Nc1scc(-c2ccc3ccccc3c2)[n+]1C. The van der Waals surface area contributed by atoms with Crippen molar-refractivity contribution in [2.75, 3.05) is 5.32 Å². The summed E-state index contributed by atoms with van der Waals surface area (Å²) in [4.78, 5) is 0. The Kier molecular flexibility index (Phi) is 4.32. The van der Waals surface area contributed by atoms with Crippen LogP contribution in [-0.2, 0) is 7.05 Å². The first kappa shape index (κ1) is 16.3. The van der Waals surface area contributed by atoms with Crippen molar-refractivity contribution in [1.29, 1.82) is 0 Å². The predicted octanol–water partition coefficient (Wildman–Crippen LogP) is 6.21. The quantitative estimate of drug-likeness (QED) is 0.397. The van der Waals surface area contributed by atoms with Gasteiger partial charge in [0.2, 0.25) is 0 Å². The van der Waals surface area contributed by atoms with E-state index >= 15 is 0 Å². The maximum absolute atomic E-state index is 3.56. The van der Waals surface area contributed by atoms with Crippen molar-refractivity contribution >= 4 is 48.9 Å². The van der Waals surface area contributed by atoms with Crippen LogP contribution >= 0.6 is 27.3 Å². The molecule has 2 nitrogen and oxygen atoms in total. The Morgan fingerprint density at radius 3 is 2.56 bits per heavy atom. The Bertz CT molecular complexity index is 1070. The lowest BCUT2D eigenvalue weighted by Gasteiger charge is -2.05. The molecule has 1 N–H and O–H groups in total. The second-order valence-electron chi connectivity index (χ2n) is 6.13. The normalized spacial score (nSPS) is 11.0. The molecule has 0 aliphatic rings. The number of nitrogens with one attached hydrogen (secondary N) is 1. The Morgan fingerprint density at radius 2 is 1.76 bits per heavy atom. The second kappa shape index (κ2) is 6.62. The molecule has 0 saturated heterocycles. The number of halogens is 1. The van der Waals surface area contributed by atoms with Gasteiger partial charge < -0.3 is 0 Å². The number of hydrogen-bond acceptors (Lipinski definition) is 2. The molecule has 0 bridgehead atoms. The summed E-state index contributed by atoms with van der Waals surface area (Å²) >= 11 is 5.24. The van der Waals surface area contributed by atoms with E-state index in [0.717, 1.165) is 15.3 Å². The lowest BCUT2D eigenvalue weighted by atomic mass is 10.1. The highest BCUT2D eigenvalue weighted by atomic mass is 79.9. The molecule has 0 fully saturated rings. The van der Waals surface area contributed by atoms with E-state index in [1.54, 1.807) is 11.3 Å². The van der Waals surface area contributed by atoms with Crippen molar-refractivity contribution in [3.8, 4) is 11.3 Å².